The Morgan fingerprint density at radius 1 is 0.380 bits per heavy atom. The molecule has 4 fully saturated rings. The topological polar surface area (TPSA) is 149 Å². The molecule has 24 heteroatoms. The third-order valence-corrected chi connectivity index (χ3v) is 23.4. The number of ether oxygens (including phenoxy) is 4. The fraction of sp³-hybridized carbons (Fsp3) is 0.309. The van der Waals surface area contributed by atoms with Gasteiger partial charge in [0.2, 0.25) is 0 Å². The van der Waals surface area contributed by atoms with Crippen LogP contribution < -0.4 is 39.1 Å². The van der Waals surface area contributed by atoms with Crippen molar-refractivity contribution < 1.29 is 39.1 Å². The highest BCUT2D eigenvalue weighted by Gasteiger charge is 2.35. The Kier molecular flexibility index (Phi) is 33.4. The molecule has 11 aromatic rings. The molecular weight excluding hydrogens is 1690 g/mol. The fourth-order valence-corrected chi connectivity index (χ4v) is 16.9. The molecule has 0 aromatic heterocycles. The van der Waals surface area contributed by atoms with Gasteiger partial charge in [0.25, 0.3) is 0 Å². The first-order chi connectivity index (χ1) is 58.2. The lowest BCUT2D eigenvalue weighted by molar-refractivity contribution is -0.145. The van der Waals surface area contributed by atoms with E-state index in [-0.39, 0.29) is 49.7 Å². The van der Waals surface area contributed by atoms with Crippen LogP contribution >= 0.6 is 92.8 Å². The molecular formula is C97H104Cl8N8O8. The molecule has 4 saturated heterocycles. The van der Waals surface area contributed by atoms with Gasteiger partial charge in [-0.1, -0.05) is 232 Å². The monoisotopic (exact) mass is 1790 g/mol. The molecule has 0 bridgehead atoms. The van der Waals surface area contributed by atoms with Crippen LogP contribution in [0.15, 0.2) is 261 Å². The molecule has 4 aliphatic rings. The Balaban J connectivity index is 0.000000148. The summed E-state index contributed by atoms with van der Waals surface area (Å²) in [6.45, 7) is 22.5. The Labute approximate surface area is 752 Å². The van der Waals surface area contributed by atoms with Crippen molar-refractivity contribution in [2.24, 2.45) is 0 Å². The summed E-state index contributed by atoms with van der Waals surface area (Å²) in [4.78, 5) is 28.4. The van der Waals surface area contributed by atoms with Crippen molar-refractivity contribution in [1.82, 2.24) is 20.0 Å². The molecule has 4 aliphatic heterocycles. The molecule has 0 unspecified atom stereocenters. The van der Waals surface area contributed by atoms with Crippen molar-refractivity contribution in [2.75, 3.05) is 125 Å². The molecule has 4 atom stereocenters. The summed E-state index contributed by atoms with van der Waals surface area (Å²) in [7, 11) is 0. The zero-order valence-electron chi connectivity index (χ0n) is 68.6. The molecule has 11 aromatic carbocycles. The third-order valence-electron chi connectivity index (χ3n) is 21.2. The molecule has 4 N–H and O–H groups in total. The van der Waals surface area contributed by atoms with E-state index in [2.05, 4.69) is 167 Å². The highest BCUT2D eigenvalue weighted by atomic mass is 35.5. The first-order valence-corrected chi connectivity index (χ1v) is 43.7. The van der Waals surface area contributed by atoms with Crippen molar-refractivity contribution in [3.05, 3.63) is 340 Å². The number of piperazine rings is 4. The number of esters is 1. The summed E-state index contributed by atoms with van der Waals surface area (Å²) < 4.78 is 21.8. The second-order valence-electron chi connectivity index (χ2n) is 31.7. The van der Waals surface area contributed by atoms with Gasteiger partial charge in [-0.2, -0.15) is 0 Å². The number of aromatic hydroxyl groups is 1. The van der Waals surface area contributed by atoms with Crippen molar-refractivity contribution >= 4 is 122 Å². The molecule has 121 heavy (non-hydrogen) atoms. The van der Waals surface area contributed by atoms with Gasteiger partial charge in [-0.05, 0) is 171 Å². The highest BCUT2D eigenvalue weighted by molar-refractivity contribution is 6.35. The number of rotatable bonds is 24. The van der Waals surface area contributed by atoms with Crippen molar-refractivity contribution in [3.63, 3.8) is 0 Å². The van der Waals surface area contributed by atoms with Crippen LogP contribution in [0.5, 0.6) is 23.0 Å². The van der Waals surface area contributed by atoms with Crippen LogP contribution in [-0.2, 0) is 29.2 Å². The largest absolute Gasteiger partial charge is 0.508 e. The van der Waals surface area contributed by atoms with E-state index in [0.29, 0.717) is 49.0 Å². The maximum atomic E-state index is 11.6. The summed E-state index contributed by atoms with van der Waals surface area (Å²) >= 11 is 51.0. The van der Waals surface area contributed by atoms with Gasteiger partial charge in [0.1, 0.15) is 36.2 Å². The van der Waals surface area contributed by atoms with Gasteiger partial charge < -0.3 is 59.2 Å². The minimum absolute atomic E-state index is 0.110. The summed E-state index contributed by atoms with van der Waals surface area (Å²) in [5, 5.41) is 38.2. The number of phenolic OH excluding ortho intramolecular Hbond substituents is 1. The molecule has 636 valence electrons. The Hall–Kier alpha value is -8.63. The number of aliphatic hydroxyl groups is 2. The van der Waals surface area contributed by atoms with Gasteiger partial charge in [-0.15, -0.1) is 0 Å². The second-order valence-corrected chi connectivity index (χ2v) is 35.1. The van der Waals surface area contributed by atoms with E-state index in [0.717, 1.165) is 136 Å². The van der Waals surface area contributed by atoms with E-state index in [4.69, 9.17) is 112 Å². The number of carbonyl (C=O) groups excluding carboxylic acids is 1. The molecule has 0 aliphatic carbocycles. The molecule has 0 spiro atoms. The quantitative estimate of drug-likeness (QED) is 0.0425. The van der Waals surface area contributed by atoms with Gasteiger partial charge in [-0.25, -0.2) is 4.79 Å². The van der Waals surface area contributed by atoms with Crippen LogP contribution in [0.3, 0.4) is 0 Å². The first kappa shape index (κ1) is 91.6. The van der Waals surface area contributed by atoms with E-state index >= 15 is 0 Å². The first-order valence-electron chi connectivity index (χ1n) is 40.7. The minimum Gasteiger partial charge on any atom is -0.508 e. The van der Waals surface area contributed by atoms with Crippen LogP contribution in [0.25, 0.3) is 0 Å². The number of carbonyl (C=O) groups is 1. The highest BCUT2D eigenvalue weighted by Crippen LogP contribution is 2.43. The van der Waals surface area contributed by atoms with Gasteiger partial charge in [0.15, 0.2) is 6.61 Å². The summed E-state index contributed by atoms with van der Waals surface area (Å²) in [6.07, 6.45) is 0. The van der Waals surface area contributed by atoms with Crippen molar-refractivity contribution in [3.8, 4) is 23.0 Å². The normalized spacial score (nSPS) is 17.2. The molecule has 0 amide bonds. The van der Waals surface area contributed by atoms with Gasteiger partial charge in [0.05, 0.1) is 84.8 Å². The Morgan fingerprint density at radius 3 is 1.00 bits per heavy atom. The predicted octanol–water partition coefficient (Wildman–Crippen LogP) is 22.3. The number of hydrogen-bond acceptors (Lipinski definition) is 16. The molecule has 16 nitrogen and oxygen atoms in total. The van der Waals surface area contributed by atoms with Crippen LogP contribution in [0.2, 0.25) is 40.2 Å². The summed E-state index contributed by atoms with van der Waals surface area (Å²) in [5.74, 6) is 1.61. The van der Waals surface area contributed by atoms with Crippen LogP contribution in [0.1, 0.15) is 97.7 Å². The molecule has 0 radical (unpaired) electrons. The average Bonchev–Trinajstić information content (AvgIpc) is 0.795. The van der Waals surface area contributed by atoms with Gasteiger partial charge in [0, 0.05) is 143 Å². The number of hydrogen-bond donors (Lipinski definition) is 4. The molecule has 0 saturated carbocycles. The van der Waals surface area contributed by atoms with E-state index in [1.807, 2.05) is 115 Å². The SMILES string of the molecule is CC(C)(O)COc1ccc(N2CCN(Cc3ccccc3)C[C@H]2c2ccc(Cl)cc2)c(Cl)c1.CC(C)(O)COc1ccc(N2CCNC[C@H]2c2ccc(Cl)cc2)c(Cl)c1.CCOC(=O)COc1ccc(N2CCN(Cc3ccccc3)C[C@H]2c2ccc(Cl)cc2)c(Cl)c1.Oc1ccc(N2CCN(Cc3ccccc3)C[C@H]2c2ccc(Cl)cc2)c(Cl)c1. The minimum atomic E-state index is -0.903. The summed E-state index contributed by atoms with van der Waals surface area (Å²) in [6, 6.07) is 86.5. The zero-order chi connectivity index (χ0) is 85.6. The number of nitrogens with one attached hydrogen (secondary N) is 1. The van der Waals surface area contributed by atoms with Gasteiger partial charge >= 0.3 is 5.97 Å². The smallest absolute Gasteiger partial charge is 0.344 e. The maximum absolute atomic E-state index is 11.6. The lowest BCUT2D eigenvalue weighted by Gasteiger charge is -2.43. The standard InChI is InChI=1S/C27H28Cl2N2O3.C27H30Cl2N2O2.C23H22Cl2N2O.C20H24Cl2N2O2/c1-2-33-27(32)19-34-23-12-13-25(24(29)16-23)31-15-14-30(17-20-6-4-3-5-7-20)18-26(31)21-8-10-22(28)11-9-21;1-27(2,32)19-33-23-12-13-25(24(29)16-23)31-15-14-30(17-20-6-4-3-5-7-20)18-26(31)21-8-10-22(28)11-9-21;24-19-8-6-18(7-9-19)23-16-26(15-17-4-2-1-3-5-17)12-13-27(23)22-11-10-20(28)14-21(22)25;1-20(2,25)13-26-16-7-8-18(17(22)11-16)24-10-9-23-12-19(24)14-3-5-15(21)6-4-14/h3-13,16,26H,2,14-15,17-19H2,1H3;3-13,16,26,32H,14-15,17-19H2,1-2H3;1-11,14,23,28H,12-13,15-16H2;3-8,11,19,23,25H,9-10,12-13H2,1-2H3/t2*26-;23-;19-/m0000/s1. The average molecular weight is 1790 g/mol. The fourth-order valence-electron chi connectivity index (χ4n) is 15.2. The Morgan fingerprint density at radius 2 is 0.686 bits per heavy atom. The number of benzene rings is 11. The number of phenols is 1. The van der Waals surface area contributed by atoms with E-state index in [1.54, 1.807) is 52.8 Å². The van der Waals surface area contributed by atoms with Crippen molar-refractivity contribution in [2.45, 2.75) is 89.6 Å². The van der Waals surface area contributed by atoms with E-state index < -0.39 is 17.2 Å². The lowest BCUT2D eigenvalue weighted by atomic mass is 10.0. The van der Waals surface area contributed by atoms with Crippen molar-refractivity contribution in [1.29, 1.82) is 0 Å². The van der Waals surface area contributed by atoms with E-state index in [9.17, 15) is 20.1 Å². The van der Waals surface area contributed by atoms with Crippen LogP contribution in [0, 0.1) is 0 Å². The number of nitrogens with zero attached hydrogens (tertiary/aromatic N) is 7. The predicted molar refractivity (Wildman–Crippen MR) is 497 cm³/mol. The number of anilines is 4. The van der Waals surface area contributed by atoms with Crippen LogP contribution in [0.4, 0.5) is 22.7 Å². The molecule has 15 rings (SSSR count). The number of halogens is 8. The third kappa shape index (κ3) is 27.2. The summed E-state index contributed by atoms with van der Waals surface area (Å²) in [5.41, 5.74) is 10.7. The maximum Gasteiger partial charge on any atom is 0.344 e. The Bertz CT molecular complexity index is 5080. The van der Waals surface area contributed by atoms with Crippen LogP contribution in [-0.4, -0.2) is 152 Å². The van der Waals surface area contributed by atoms with Gasteiger partial charge in [-0.3, -0.25) is 14.7 Å². The van der Waals surface area contributed by atoms with E-state index in [1.165, 1.54) is 38.9 Å². The zero-order valence-corrected chi connectivity index (χ0v) is 74.7. The second kappa shape index (κ2) is 44.1. The molecule has 4 heterocycles. The lowest BCUT2D eigenvalue weighted by Crippen LogP contribution is -2.48.